The van der Waals surface area contributed by atoms with Crippen molar-refractivity contribution in [3.05, 3.63) is 76.8 Å². The van der Waals surface area contributed by atoms with Crippen LogP contribution < -0.4 is 0 Å². The Morgan fingerprint density at radius 3 is 2.38 bits per heavy atom. The van der Waals surface area contributed by atoms with Gasteiger partial charge in [0.25, 0.3) is 5.78 Å². The molecule has 5 heteroatoms. The van der Waals surface area contributed by atoms with Gasteiger partial charge in [0.15, 0.2) is 0 Å². The molecule has 0 spiro atoms. The SMILES string of the molecule is CCOC(=O)C(=[N+]=[N-])C(=O)c1ccccc1C#Cc1ccccc1. The first kappa shape index (κ1) is 16.9. The lowest BCUT2D eigenvalue weighted by molar-refractivity contribution is -0.139. The topological polar surface area (TPSA) is 79.8 Å². The van der Waals surface area contributed by atoms with Crippen LogP contribution in [0.5, 0.6) is 0 Å². The molecule has 0 fully saturated rings. The van der Waals surface area contributed by atoms with E-state index in [-0.39, 0.29) is 12.2 Å². The van der Waals surface area contributed by atoms with Gasteiger partial charge in [-0.2, -0.15) is 4.79 Å². The summed E-state index contributed by atoms with van der Waals surface area (Å²) in [5, 5.41) is 0. The van der Waals surface area contributed by atoms with Gasteiger partial charge >= 0.3 is 11.7 Å². The third-order valence-corrected chi connectivity index (χ3v) is 3.07. The van der Waals surface area contributed by atoms with Crippen molar-refractivity contribution in [1.29, 1.82) is 0 Å². The average molecular weight is 318 g/mol. The van der Waals surface area contributed by atoms with Crippen LogP contribution in [0.25, 0.3) is 5.53 Å². The maximum Gasteiger partial charge on any atom is 0.446 e. The van der Waals surface area contributed by atoms with Crippen LogP contribution in [0.15, 0.2) is 54.6 Å². The lowest BCUT2D eigenvalue weighted by Gasteiger charge is -2.01. The number of carbonyl (C=O) groups is 2. The van der Waals surface area contributed by atoms with Crippen molar-refractivity contribution >= 4 is 17.5 Å². The fourth-order valence-electron chi connectivity index (χ4n) is 1.96. The molecule has 0 aliphatic carbocycles. The number of ketones is 1. The molecule has 5 nitrogen and oxygen atoms in total. The van der Waals surface area contributed by atoms with Crippen LogP contribution in [-0.4, -0.2) is 28.9 Å². The Hall–Kier alpha value is -3.48. The van der Waals surface area contributed by atoms with Crippen molar-refractivity contribution in [3.63, 3.8) is 0 Å². The zero-order chi connectivity index (χ0) is 17.4. The summed E-state index contributed by atoms with van der Waals surface area (Å²) in [4.78, 5) is 27.0. The lowest BCUT2D eigenvalue weighted by atomic mass is 10.0. The van der Waals surface area contributed by atoms with E-state index in [0.717, 1.165) is 5.56 Å². The minimum atomic E-state index is -0.976. The molecule has 0 unspecified atom stereocenters. The van der Waals surface area contributed by atoms with E-state index in [9.17, 15) is 9.59 Å². The van der Waals surface area contributed by atoms with Gasteiger partial charge in [0.05, 0.1) is 6.61 Å². The molecule has 2 aromatic rings. The Labute approximate surface area is 139 Å². The molecule has 0 bridgehead atoms. The third kappa shape index (κ3) is 4.04. The number of rotatable bonds is 4. The number of nitrogens with zero attached hydrogens (tertiary/aromatic N) is 2. The van der Waals surface area contributed by atoms with E-state index in [1.165, 1.54) is 6.07 Å². The van der Waals surface area contributed by atoms with Gasteiger partial charge in [-0.3, -0.25) is 4.79 Å². The molecule has 0 aliphatic heterocycles. The van der Waals surface area contributed by atoms with E-state index in [1.807, 2.05) is 30.3 Å². The largest absolute Gasteiger partial charge is 0.457 e. The summed E-state index contributed by atoms with van der Waals surface area (Å²) >= 11 is 0. The van der Waals surface area contributed by atoms with E-state index in [4.69, 9.17) is 10.3 Å². The molecule has 0 aliphatic rings. The van der Waals surface area contributed by atoms with E-state index in [2.05, 4.69) is 16.6 Å². The second-order valence-corrected chi connectivity index (χ2v) is 4.66. The van der Waals surface area contributed by atoms with Crippen molar-refractivity contribution in [3.8, 4) is 11.8 Å². The molecular weight excluding hydrogens is 304 g/mol. The zero-order valence-corrected chi connectivity index (χ0v) is 13.0. The van der Waals surface area contributed by atoms with Crippen molar-refractivity contribution in [2.24, 2.45) is 0 Å². The van der Waals surface area contributed by atoms with Crippen molar-refractivity contribution in [1.82, 2.24) is 0 Å². The first-order valence-corrected chi connectivity index (χ1v) is 7.27. The molecule has 0 N–H and O–H groups in total. The highest BCUT2D eigenvalue weighted by Crippen LogP contribution is 2.10. The number of benzene rings is 2. The molecule has 2 rings (SSSR count). The van der Waals surface area contributed by atoms with E-state index < -0.39 is 17.5 Å². The van der Waals surface area contributed by atoms with E-state index in [0.29, 0.717) is 5.56 Å². The van der Waals surface area contributed by atoms with Gasteiger partial charge in [0.1, 0.15) is 0 Å². The zero-order valence-electron chi connectivity index (χ0n) is 13.0. The molecule has 0 saturated heterocycles. The predicted molar refractivity (Wildman–Crippen MR) is 88.5 cm³/mol. The first-order valence-electron chi connectivity index (χ1n) is 7.27. The van der Waals surface area contributed by atoms with Crippen molar-refractivity contribution < 1.29 is 19.1 Å². The van der Waals surface area contributed by atoms with Gasteiger partial charge in [0, 0.05) is 16.7 Å². The molecule has 2 aromatic carbocycles. The normalized spacial score (nSPS) is 9.21. The standard InChI is InChI=1S/C19H14N2O3/c1-2-24-19(23)17(21-20)18(22)16-11-7-6-10-15(16)13-12-14-8-4-3-5-9-14/h3-11H,2H2,1H3. The molecular formula is C19H14N2O3. The Balaban J connectivity index is 2.39. The van der Waals surface area contributed by atoms with Crippen LogP contribution in [0.1, 0.15) is 28.4 Å². The molecule has 0 aromatic heterocycles. The van der Waals surface area contributed by atoms with E-state index in [1.54, 1.807) is 25.1 Å². The Kier molecular flexibility index (Phi) is 5.79. The summed E-state index contributed by atoms with van der Waals surface area (Å²) in [6, 6.07) is 15.8. The van der Waals surface area contributed by atoms with Crippen LogP contribution in [0.3, 0.4) is 0 Å². The summed E-state index contributed by atoms with van der Waals surface area (Å²) in [5.41, 5.74) is 9.70. The lowest BCUT2D eigenvalue weighted by Crippen LogP contribution is -2.28. The van der Waals surface area contributed by atoms with Crippen LogP contribution in [0.2, 0.25) is 0 Å². The average Bonchev–Trinajstić information content (AvgIpc) is 2.62. The molecule has 0 amide bonds. The minimum absolute atomic E-state index is 0.0700. The molecule has 0 atom stereocenters. The van der Waals surface area contributed by atoms with Gasteiger partial charge in [-0.1, -0.05) is 42.2 Å². The van der Waals surface area contributed by atoms with Crippen LogP contribution in [0, 0.1) is 11.8 Å². The van der Waals surface area contributed by atoms with Gasteiger partial charge < -0.3 is 10.3 Å². The first-order chi connectivity index (χ1) is 11.7. The molecule has 0 saturated carbocycles. The smallest absolute Gasteiger partial charge is 0.446 e. The second-order valence-electron chi connectivity index (χ2n) is 4.66. The molecule has 24 heavy (non-hydrogen) atoms. The molecule has 118 valence electrons. The number of hydrogen-bond donors (Lipinski definition) is 0. The van der Waals surface area contributed by atoms with Crippen molar-refractivity contribution in [2.45, 2.75) is 6.92 Å². The Morgan fingerprint density at radius 2 is 1.71 bits per heavy atom. The third-order valence-electron chi connectivity index (χ3n) is 3.07. The van der Waals surface area contributed by atoms with Gasteiger partial charge in [-0.15, -0.1) is 0 Å². The van der Waals surface area contributed by atoms with Gasteiger partial charge in [-0.25, -0.2) is 4.79 Å². The highest BCUT2D eigenvalue weighted by Gasteiger charge is 2.33. The van der Waals surface area contributed by atoms with E-state index >= 15 is 0 Å². The van der Waals surface area contributed by atoms with Gasteiger partial charge in [0.2, 0.25) is 0 Å². The highest BCUT2D eigenvalue weighted by molar-refractivity contribution is 6.65. The monoisotopic (exact) mass is 318 g/mol. The summed E-state index contributed by atoms with van der Waals surface area (Å²) < 4.78 is 4.72. The fourth-order valence-corrected chi connectivity index (χ4v) is 1.96. The van der Waals surface area contributed by atoms with Gasteiger partial charge in [-0.05, 0) is 31.2 Å². The number of carbonyl (C=O) groups excluding carboxylic acids is 2. The summed E-state index contributed by atoms with van der Waals surface area (Å²) in [6.45, 7) is 1.66. The van der Waals surface area contributed by atoms with Crippen LogP contribution in [0.4, 0.5) is 0 Å². The maximum absolute atomic E-state index is 12.5. The number of ether oxygens (including phenoxy) is 1. The summed E-state index contributed by atoms with van der Waals surface area (Å²) in [6.07, 6.45) is 0. The van der Waals surface area contributed by atoms with Crippen molar-refractivity contribution in [2.75, 3.05) is 6.61 Å². The number of hydrogen-bond acceptors (Lipinski definition) is 3. The summed E-state index contributed by atoms with van der Waals surface area (Å²) in [7, 11) is 0. The number of Topliss-reactive ketones (excluding diaryl/α,β-unsaturated/α-hetero) is 1. The minimum Gasteiger partial charge on any atom is -0.457 e. The highest BCUT2D eigenvalue weighted by atomic mass is 16.5. The van der Waals surface area contributed by atoms with Crippen LogP contribution in [-0.2, 0) is 9.53 Å². The second kappa shape index (κ2) is 8.23. The Bertz CT molecular complexity index is 870. The predicted octanol–water partition coefficient (Wildman–Crippen LogP) is 2.50. The molecule has 0 radical (unpaired) electrons. The molecule has 0 heterocycles. The summed E-state index contributed by atoms with van der Waals surface area (Å²) in [5.74, 6) is 4.13. The van der Waals surface area contributed by atoms with Crippen LogP contribution >= 0.6 is 0 Å². The fraction of sp³-hybridized carbons (Fsp3) is 0.105. The Morgan fingerprint density at radius 1 is 1.04 bits per heavy atom. The number of esters is 1. The maximum atomic E-state index is 12.5. The quantitative estimate of drug-likeness (QED) is 0.165.